The molecule has 1 saturated heterocycles. The van der Waals surface area contributed by atoms with E-state index in [9.17, 15) is 4.79 Å². The Morgan fingerprint density at radius 1 is 1.62 bits per heavy atom. The van der Waals surface area contributed by atoms with E-state index in [2.05, 4.69) is 16.9 Å². The summed E-state index contributed by atoms with van der Waals surface area (Å²) in [5.41, 5.74) is 0.855. The van der Waals surface area contributed by atoms with Gasteiger partial charge in [0.05, 0.1) is 11.9 Å². The van der Waals surface area contributed by atoms with Crippen LogP contribution in [0.1, 0.15) is 6.42 Å². The van der Waals surface area contributed by atoms with Gasteiger partial charge in [-0.1, -0.05) is 6.08 Å². The highest BCUT2D eigenvalue weighted by molar-refractivity contribution is 5.95. The van der Waals surface area contributed by atoms with Crippen molar-refractivity contribution >= 4 is 17.4 Å². The molecular weight excluding hydrogens is 202 g/mol. The number of rotatable bonds is 3. The van der Waals surface area contributed by atoms with Gasteiger partial charge in [-0.05, 0) is 12.1 Å². The molecule has 0 aromatic carbocycles. The van der Waals surface area contributed by atoms with E-state index in [0.29, 0.717) is 13.0 Å². The third-order valence-electron chi connectivity index (χ3n) is 2.80. The number of pyridine rings is 1. The first-order chi connectivity index (χ1) is 7.74. The molecule has 4 heteroatoms. The van der Waals surface area contributed by atoms with Gasteiger partial charge in [0.2, 0.25) is 5.91 Å². The predicted molar refractivity (Wildman–Crippen MR) is 64.4 cm³/mol. The number of nitrogens with zero attached hydrogens (tertiary/aromatic N) is 2. The van der Waals surface area contributed by atoms with E-state index >= 15 is 0 Å². The molecule has 0 radical (unpaired) electrons. The molecule has 16 heavy (non-hydrogen) atoms. The third-order valence-corrected chi connectivity index (χ3v) is 2.80. The van der Waals surface area contributed by atoms with E-state index in [1.807, 2.05) is 25.3 Å². The second kappa shape index (κ2) is 4.35. The van der Waals surface area contributed by atoms with Crippen molar-refractivity contribution in [1.29, 1.82) is 0 Å². The average Bonchev–Trinajstić information content (AvgIpc) is 2.71. The molecule has 1 N–H and O–H groups in total. The van der Waals surface area contributed by atoms with Gasteiger partial charge in [0.25, 0.3) is 0 Å². The van der Waals surface area contributed by atoms with Gasteiger partial charge in [0, 0.05) is 25.9 Å². The number of anilines is 2. The first kappa shape index (κ1) is 10.7. The molecule has 1 atom stereocenters. The maximum atomic E-state index is 11.7. The molecule has 1 aliphatic rings. The molecule has 0 spiro atoms. The lowest BCUT2D eigenvalue weighted by molar-refractivity contribution is -0.117. The second-order valence-electron chi connectivity index (χ2n) is 3.86. The fourth-order valence-corrected chi connectivity index (χ4v) is 1.84. The fraction of sp³-hybridized carbons (Fsp3) is 0.333. The van der Waals surface area contributed by atoms with Crippen LogP contribution in [0.5, 0.6) is 0 Å². The van der Waals surface area contributed by atoms with E-state index in [4.69, 9.17) is 0 Å². The Kier molecular flexibility index (Phi) is 2.90. The van der Waals surface area contributed by atoms with E-state index in [-0.39, 0.29) is 11.8 Å². The summed E-state index contributed by atoms with van der Waals surface area (Å²) in [5, 5.41) is 2.95. The Morgan fingerprint density at radius 2 is 2.44 bits per heavy atom. The molecule has 0 saturated carbocycles. The maximum Gasteiger partial charge on any atom is 0.227 e. The topological polar surface area (TPSA) is 45.2 Å². The van der Waals surface area contributed by atoms with Crippen molar-refractivity contribution in [2.45, 2.75) is 6.42 Å². The summed E-state index contributed by atoms with van der Waals surface area (Å²) in [7, 11) is 1.82. The van der Waals surface area contributed by atoms with Crippen LogP contribution in [0.2, 0.25) is 0 Å². The summed E-state index contributed by atoms with van der Waals surface area (Å²) in [6.45, 7) is 4.44. The molecule has 0 aliphatic carbocycles. The zero-order valence-corrected chi connectivity index (χ0v) is 9.31. The molecule has 1 aliphatic heterocycles. The van der Waals surface area contributed by atoms with Crippen LogP contribution in [0.15, 0.2) is 31.0 Å². The highest BCUT2D eigenvalue weighted by Crippen LogP contribution is 2.25. The van der Waals surface area contributed by atoms with Crippen LogP contribution in [0.25, 0.3) is 0 Å². The summed E-state index contributed by atoms with van der Waals surface area (Å²) < 4.78 is 0. The fourth-order valence-electron chi connectivity index (χ4n) is 1.84. The SMILES string of the molecule is C=CC1CC(=O)N(c2ccc(NC)nc2)C1. The highest BCUT2D eigenvalue weighted by Gasteiger charge is 2.28. The van der Waals surface area contributed by atoms with Crippen LogP contribution in [0.3, 0.4) is 0 Å². The maximum absolute atomic E-state index is 11.7. The Morgan fingerprint density at radius 3 is 2.94 bits per heavy atom. The van der Waals surface area contributed by atoms with Crippen molar-refractivity contribution in [3.63, 3.8) is 0 Å². The van der Waals surface area contributed by atoms with E-state index in [1.165, 1.54) is 0 Å². The van der Waals surface area contributed by atoms with Crippen LogP contribution in [0, 0.1) is 5.92 Å². The summed E-state index contributed by atoms with van der Waals surface area (Å²) in [6, 6.07) is 3.77. The Balaban J connectivity index is 2.17. The first-order valence-electron chi connectivity index (χ1n) is 5.31. The van der Waals surface area contributed by atoms with Crippen molar-refractivity contribution in [2.75, 3.05) is 23.8 Å². The largest absolute Gasteiger partial charge is 0.373 e. The Labute approximate surface area is 95.0 Å². The van der Waals surface area contributed by atoms with E-state index in [0.717, 1.165) is 11.5 Å². The number of hydrogen-bond acceptors (Lipinski definition) is 3. The molecule has 1 fully saturated rings. The van der Waals surface area contributed by atoms with Crippen LogP contribution >= 0.6 is 0 Å². The van der Waals surface area contributed by atoms with Crippen LogP contribution < -0.4 is 10.2 Å². The standard InChI is InChI=1S/C12H15N3O/c1-3-9-6-12(16)15(8-9)10-4-5-11(13-2)14-7-10/h3-5,7,9H,1,6,8H2,2H3,(H,13,14). The molecule has 2 heterocycles. The molecule has 4 nitrogen and oxygen atoms in total. The lowest BCUT2D eigenvalue weighted by atomic mass is 10.1. The van der Waals surface area contributed by atoms with Gasteiger partial charge < -0.3 is 10.2 Å². The van der Waals surface area contributed by atoms with Gasteiger partial charge >= 0.3 is 0 Å². The van der Waals surface area contributed by atoms with Gasteiger partial charge in [0.1, 0.15) is 5.82 Å². The van der Waals surface area contributed by atoms with Gasteiger partial charge in [-0.3, -0.25) is 4.79 Å². The van der Waals surface area contributed by atoms with Gasteiger partial charge in [-0.25, -0.2) is 4.98 Å². The summed E-state index contributed by atoms with van der Waals surface area (Å²) >= 11 is 0. The van der Waals surface area contributed by atoms with E-state index in [1.54, 1.807) is 11.1 Å². The minimum Gasteiger partial charge on any atom is -0.373 e. The number of carbonyl (C=O) groups is 1. The molecule has 84 valence electrons. The predicted octanol–water partition coefficient (Wildman–Crippen LogP) is 1.66. The van der Waals surface area contributed by atoms with Crippen molar-refractivity contribution in [3.05, 3.63) is 31.0 Å². The highest BCUT2D eigenvalue weighted by atomic mass is 16.2. The van der Waals surface area contributed by atoms with Crippen molar-refractivity contribution in [1.82, 2.24) is 4.98 Å². The van der Waals surface area contributed by atoms with Crippen molar-refractivity contribution in [3.8, 4) is 0 Å². The smallest absolute Gasteiger partial charge is 0.227 e. The normalized spacial score (nSPS) is 19.9. The van der Waals surface area contributed by atoms with E-state index < -0.39 is 0 Å². The number of hydrogen-bond donors (Lipinski definition) is 1. The molecular formula is C12H15N3O. The minimum absolute atomic E-state index is 0.143. The summed E-state index contributed by atoms with van der Waals surface area (Å²) in [4.78, 5) is 17.7. The second-order valence-corrected chi connectivity index (χ2v) is 3.86. The third kappa shape index (κ3) is 1.91. The lowest BCUT2D eigenvalue weighted by Gasteiger charge is -2.15. The molecule has 1 aromatic heterocycles. The van der Waals surface area contributed by atoms with Crippen LogP contribution in [-0.2, 0) is 4.79 Å². The van der Waals surface area contributed by atoms with Crippen LogP contribution in [-0.4, -0.2) is 24.5 Å². The Bertz CT molecular complexity index is 399. The summed E-state index contributed by atoms with van der Waals surface area (Å²) in [5.74, 6) is 1.20. The zero-order chi connectivity index (χ0) is 11.5. The molecule has 2 rings (SSSR count). The Hall–Kier alpha value is -1.84. The quantitative estimate of drug-likeness (QED) is 0.783. The molecule has 1 unspecified atom stereocenters. The molecule has 1 aromatic rings. The molecule has 1 amide bonds. The van der Waals surface area contributed by atoms with Gasteiger partial charge in [-0.15, -0.1) is 6.58 Å². The molecule has 0 bridgehead atoms. The average molecular weight is 217 g/mol. The zero-order valence-electron chi connectivity index (χ0n) is 9.31. The number of nitrogens with one attached hydrogen (secondary N) is 1. The number of aromatic nitrogens is 1. The first-order valence-corrected chi connectivity index (χ1v) is 5.31. The van der Waals surface area contributed by atoms with Gasteiger partial charge in [0.15, 0.2) is 0 Å². The van der Waals surface area contributed by atoms with Crippen molar-refractivity contribution in [2.24, 2.45) is 5.92 Å². The monoisotopic (exact) mass is 217 g/mol. The number of amides is 1. The van der Waals surface area contributed by atoms with Crippen molar-refractivity contribution < 1.29 is 4.79 Å². The minimum atomic E-state index is 0.143. The lowest BCUT2D eigenvalue weighted by Crippen LogP contribution is -2.24. The van der Waals surface area contributed by atoms with Crippen LogP contribution in [0.4, 0.5) is 11.5 Å². The van der Waals surface area contributed by atoms with Gasteiger partial charge in [-0.2, -0.15) is 0 Å². The number of carbonyl (C=O) groups excluding carboxylic acids is 1. The summed E-state index contributed by atoms with van der Waals surface area (Å²) in [6.07, 6.45) is 4.11.